The molecule has 0 aromatic heterocycles. The van der Waals surface area contributed by atoms with Gasteiger partial charge >= 0.3 is 0 Å². The van der Waals surface area contributed by atoms with Crippen LogP contribution in [0.25, 0.3) is 0 Å². The normalized spacial score (nSPS) is 50.1. The first kappa shape index (κ1) is 17.2. The summed E-state index contributed by atoms with van der Waals surface area (Å²) in [5.74, 6) is 0.371. The van der Waals surface area contributed by atoms with Crippen molar-refractivity contribution in [3.8, 4) is 11.5 Å². The van der Waals surface area contributed by atoms with Gasteiger partial charge in [-0.15, -0.1) is 0 Å². The highest BCUT2D eigenvalue weighted by Crippen LogP contribution is 2.66. The molecule has 4 N–H and O–H groups in total. The molecule has 7 nitrogen and oxygen atoms in total. The van der Waals surface area contributed by atoms with Crippen molar-refractivity contribution >= 4 is 5.78 Å². The average molecular weight is 388 g/mol. The molecule has 3 aliphatic carbocycles. The van der Waals surface area contributed by atoms with Crippen molar-refractivity contribution in [2.75, 3.05) is 20.1 Å². The summed E-state index contributed by atoms with van der Waals surface area (Å²) in [4.78, 5) is 12.8. The third kappa shape index (κ3) is 1.70. The average Bonchev–Trinajstić information content (AvgIpc) is 3.05. The molecule has 3 fully saturated rings. The number of Topliss-reactive ketones (excluding diaryl/α,β-unsaturated/α-hetero) is 1. The number of rotatable bonds is 2. The molecule has 1 spiro atoms. The van der Waals surface area contributed by atoms with Gasteiger partial charge in [0.2, 0.25) is 0 Å². The maximum atomic E-state index is 12.8. The molecule has 1 saturated heterocycles. The number of ketones is 1. The van der Waals surface area contributed by atoms with Gasteiger partial charge in [0.05, 0.1) is 25.1 Å². The largest absolute Gasteiger partial charge is 0.504 e. The summed E-state index contributed by atoms with van der Waals surface area (Å²) < 4.78 is 6.49. The number of aliphatic hydroxyl groups excluding tert-OH is 1. The van der Waals surface area contributed by atoms with Crippen LogP contribution in [0.4, 0.5) is 0 Å². The number of carbonyl (C=O) groups is 1. The minimum atomic E-state index is -1.15. The van der Waals surface area contributed by atoms with E-state index < -0.39 is 28.8 Å². The first-order valence-corrected chi connectivity index (χ1v) is 10.2. The van der Waals surface area contributed by atoms with Crippen LogP contribution in [0.1, 0.15) is 36.8 Å². The lowest BCUT2D eigenvalue weighted by atomic mass is 9.48. The molecule has 28 heavy (non-hydrogen) atoms. The molecule has 2 bridgehead atoms. The molecule has 2 aliphatic heterocycles. The fourth-order valence-electron chi connectivity index (χ4n) is 7.09. The number of phenolic OH excluding ortho intramolecular Hbond substituents is 1. The molecule has 150 valence electrons. The van der Waals surface area contributed by atoms with E-state index in [0.29, 0.717) is 49.0 Å². The van der Waals surface area contributed by atoms with Crippen LogP contribution in [0.3, 0.4) is 0 Å². The zero-order valence-electron chi connectivity index (χ0n) is 15.9. The fraction of sp³-hybridized carbons (Fsp3) is 0.667. The maximum absolute atomic E-state index is 12.8. The van der Waals surface area contributed by atoms with E-state index in [-0.39, 0.29) is 24.0 Å². The number of benzene rings is 1. The van der Waals surface area contributed by atoms with Gasteiger partial charge in [0.1, 0.15) is 23.8 Å². The van der Waals surface area contributed by atoms with Crippen LogP contribution in [0.2, 0.25) is 0 Å². The second kappa shape index (κ2) is 4.73. The Hall–Kier alpha value is -1.67. The number of hydrogen-bond acceptors (Lipinski definition) is 6. The summed E-state index contributed by atoms with van der Waals surface area (Å²) in [5, 5.41) is 43.1. The summed E-state index contributed by atoms with van der Waals surface area (Å²) in [6.45, 7) is 1.06. The standard InChI is InChI=1S/C21H25NO6/c1-22(10-19(26)9-15(19)25)7-6-20-16-11-2-3-12(23)17(16)28-18(20)13(24)4-5-21(20,27)14(22)8-11/h2-3,14-15,18,25-27H,4-10H2,1H3/p+1/t14-,15?,18-,19?,20-,21+,22+/m0/s1. The number of likely N-dealkylation sites (tertiary alicyclic amines) is 1. The first-order valence-electron chi connectivity index (χ1n) is 10.2. The Morgan fingerprint density at radius 3 is 2.75 bits per heavy atom. The van der Waals surface area contributed by atoms with Crippen LogP contribution in [0.15, 0.2) is 12.1 Å². The van der Waals surface area contributed by atoms with Crippen molar-refractivity contribution in [3.63, 3.8) is 0 Å². The highest BCUT2D eigenvalue weighted by atomic mass is 16.5. The first-order chi connectivity index (χ1) is 13.1. The quantitative estimate of drug-likeness (QED) is 0.521. The second-order valence-electron chi connectivity index (χ2n) is 9.96. The van der Waals surface area contributed by atoms with E-state index >= 15 is 0 Å². The molecule has 1 aromatic carbocycles. The van der Waals surface area contributed by atoms with E-state index in [4.69, 9.17) is 4.74 Å². The summed E-state index contributed by atoms with van der Waals surface area (Å²) in [6, 6.07) is 3.28. The van der Waals surface area contributed by atoms with Crippen molar-refractivity contribution in [2.45, 2.75) is 67.0 Å². The number of ether oxygens (including phenoxy) is 1. The molecular weight excluding hydrogens is 362 g/mol. The van der Waals surface area contributed by atoms with Crippen LogP contribution in [-0.2, 0) is 16.6 Å². The predicted octanol–water partition coefficient (Wildman–Crippen LogP) is -0.244. The van der Waals surface area contributed by atoms with Crippen LogP contribution in [0, 0.1) is 0 Å². The summed E-state index contributed by atoms with van der Waals surface area (Å²) in [6.07, 6.45) is 0.643. The minimum absolute atomic E-state index is 0.0146. The number of carbonyl (C=O) groups excluding carboxylic acids is 1. The van der Waals surface area contributed by atoms with Crippen molar-refractivity contribution in [1.29, 1.82) is 0 Å². The number of quaternary nitrogens is 1. The molecule has 7 heteroatoms. The maximum Gasteiger partial charge on any atom is 0.174 e. The van der Waals surface area contributed by atoms with Gasteiger partial charge < -0.3 is 29.6 Å². The molecule has 7 atom stereocenters. The number of likely N-dealkylation sites (N-methyl/N-ethyl adjacent to an activating group) is 1. The van der Waals surface area contributed by atoms with Gasteiger partial charge in [-0.2, -0.15) is 0 Å². The van der Waals surface area contributed by atoms with E-state index in [1.54, 1.807) is 6.07 Å². The molecule has 2 unspecified atom stereocenters. The number of aliphatic hydroxyl groups is 3. The summed E-state index contributed by atoms with van der Waals surface area (Å²) in [7, 11) is 2.05. The van der Waals surface area contributed by atoms with E-state index in [9.17, 15) is 25.2 Å². The topological polar surface area (TPSA) is 107 Å². The van der Waals surface area contributed by atoms with Gasteiger partial charge in [0.25, 0.3) is 0 Å². The van der Waals surface area contributed by atoms with Crippen LogP contribution >= 0.6 is 0 Å². The number of hydrogen-bond donors (Lipinski definition) is 4. The molecule has 6 rings (SSSR count). The van der Waals surface area contributed by atoms with Gasteiger partial charge in [0.15, 0.2) is 23.4 Å². The number of nitrogens with zero attached hydrogens (tertiary/aromatic N) is 1. The van der Waals surface area contributed by atoms with Crippen LogP contribution in [0.5, 0.6) is 11.5 Å². The molecule has 2 heterocycles. The Morgan fingerprint density at radius 2 is 2.04 bits per heavy atom. The van der Waals surface area contributed by atoms with Gasteiger partial charge in [-0.25, -0.2) is 0 Å². The van der Waals surface area contributed by atoms with Crippen molar-refractivity contribution < 1.29 is 34.4 Å². The Balaban J connectivity index is 1.56. The number of phenols is 1. The van der Waals surface area contributed by atoms with E-state index in [2.05, 4.69) is 0 Å². The van der Waals surface area contributed by atoms with Crippen molar-refractivity contribution in [2.24, 2.45) is 0 Å². The summed E-state index contributed by atoms with van der Waals surface area (Å²) >= 11 is 0. The van der Waals surface area contributed by atoms with E-state index in [1.165, 1.54) is 0 Å². The van der Waals surface area contributed by atoms with Gasteiger partial charge in [-0.05, 0) is 18.1 Å². The Labute approximate surface area is 162 Å². The lowest BCUT2D eigenvalue weighted by Gasteiger charge is -2.64. The highest BCUT2D eigenvalue weighted by molar-refractivity contribution is 5.90. The molecule has 0 radical (unpaired) electrons. The fourth-order valence-corrected chi connectivity index (χ4v) is 7.09. The number of aromatic hydroxyl groups is 1. The SMILES string of the molecule is C[N@+]1(CC2(O)CC2O)CC[C@]23c4c5ccc(O)c4O[C@H]2C(=O)CC[C@@]3(O)[C@@H]1C5. The zero-order chi connectivity index (χ0) is 19.7. The zero-order valence-corrected chi connectivity index (χ0v) is 15.9. The number of piperidine rings is 1. The van der Waals surface area contributed by atoms with Gasteiger partial charge in [-0.1, -0.05) is 6.07 Å². The van der Waals surface area contributed by atoms with E-state index in [1.807, 2.05) is 13.1 Å². The molecule has 2 saturated carbocycles. The lowest BCUT2D eigenvalue weighted by Crippen LogP contribution is -2.81. The Kier molecular flexibility index (Phi) is 2.90. The highest BCUT2D eigenvalue weighted by Gasteiger charge is 2.77. The third-order valence-electron chi connectivity index (χ3n) is 8.55. The Bertz CT molecular complexity index is 934. The molecular formula is C21H26NO6+. The lowest BCUT2D eigenvalue weighted by molar-refractivity contribution is -0.952. The van der Waals surface area contributed by atoms with Crippen molar-refractivity contribution in [3.05, 3.63) is 23.3 Å². The smallest absolute Gasteiger partial charge is 0.174 e. The monoisotopic (exact) mass is 388 g/mol. The summed E-state index contributed by atoms with van der Waals surface area (Å²) in [5.41, 5.74) is -1.25. The van der Waals surface area contributed by atoms with Gasteiger partial charge in [-0.3, -0.25) is 4.79 Å². The molecule has 0 amide bonds. The molecule has 1 aromatic rings. The second-order valence-corrected chi connectivity index (χ2v) is 9.96. The predicted molar refractivity (Wildman–Crippen MR) is 97.0 cm³/mol. The van der Waals surface area contributed by atoms with E-state index in [0.717, 1.165) is 11.1 Å². The van der Waals surface area contributed by atoms with Crippen molar-refractivity contribution in [1.82, 2.24) is 0 Å². The third-order valence-corrected chi connectivity index (χ3v) is 8.55. The Morgan fingerprint density at radius 1 is 1.29 bits per heavy atom. The van der Waals surface area contributed by atoms with Crippen LogP contribution < -0.4 is 4.74 Å². The van der Waals surface area contributed by atoms with Crippen LogP contribution in [-0.4, -0.2) is 80.3 Å². The molecule has 5 aliphatic rings. The minimum Gasteiger partial charge on any atom is -0.504 e. The van der Waals surface area contributed by atoms with Gasteiger partial charge in [0, 0.05) is 31.2 Å².